The molecule has 20 heavy (non-hydrogen) atoms. The largest absolute Gasteiger partial charge is 0.453 e. The SMILES string of the molecule is NCC(c1ccc(Br)o1)N1CCC(N2CCOCC2)C1. The van der Waals surface area contributed by atoms with E-state index in [1.165, 1.54) is 6.42 Å². The summed E-state index contributed by atoms with van der Waals surface area (Å²) in [6.07, 6.45) is 1.21. The van der Waals surface area contributed by atoms with Crippen LogP contribution in [0.15, 0.2) is 21.2 Å². The number of hydrogen-bond acceptors (Lipinski definition) is 5. The number of halogens is 1. The van der Waals surface area contributed by atoms with Crippen molar-refractivity contribution in [1.82, 2.24) is 9.80 Å². The first-order valence-electron chi connectivity index (χ1n) is 7.29. The zero-order chi connectivity index (χ0) is 13.9. The van der Waals surface area contributed by atoms with Crippen LogP contribution >= 0.6 is 15.9 Å². The Kier molecular flexibility index (Phi) is 4.78. The summed E-state index contributed by atoms with van der Waals surface area (Å²) in [5.74, 6) is 0.960. The van der Waals surface area contributed by atoms with E-state index in [9.17, 15) is 0 Å². The maximum Gasteiger partial charge on any atom is 0.169 e. The summed E-state index contributed by atoms with van der Waals surface area (Å²) in [5, 5.41) is 0. The van der Waals surface area contributed by atoms with Crippen molar-refractivity contribution in [3.63, 3.8) is 0 Å². The molecule has 0 saturated carbocycles. The second kappa shape index (κ2) is 6.58. The predicted octanol–water partition coefficient (Wildman–Crippen LogP) is 1.45. The van der Waals surface area contributed by atoms with Crippen LogP contribution in [0.1, 0.15) is 18.2 Å². The Hall–Kier alpha value is -0.400. The summed E-state index contributed by atoms with van der Waals surface area (Å²) >= 11 is 3.36. The van der Waals surface area contributed by atoms with Crippen molar-refractivity contribution >= 4 is 15.9 Å². The van der Waals surface area contributed by atoms with Crippen LogP contribution in [-0.2, 0) is 4.74 Å². The summed E-state index contributed by atoms with van der Waals surface area (Å²) in [7, 11) is 0. The van der Waals surface area contributed by atoms with E-state index < -0.39 is 0 Å². The zero-order valence-electron chi connectivity index (χ0n) is 11.6. The molecule has 0 aliphatic carbocycles. The number of likely N-dealkylation sites (tertiary alicyclic amines) is 1. The van der Waals surface area contributed by atoms with Crippen LogP contribution in [-0.4, -0.2) is 61.8 Å². The minimum Gasteiger partial charge on any atom is -0.453 e. The summed E-state index contributed by atoms with van der Waals surface area (Å²) in [5.41, 5.74) is 5.97. The molecule has 0 amide bonds. The normalized spacial score (nSPS) is 27.0. The number of nitrogens with zero attached hydrogens (tertiary/aromatic N) is 2. The second-order valence-corrected chi connectivity index (χ2v) is 6.26. The number of rotatable bonds is 4. The summed E-state index contributed by atoms with van der Waals surface area (Å²) < 4.78 is 11.9. The average Bonchev–Trinajstić information content (AvgIpc) is 3.11. The van der Waals surface area contributed by atoms with Crippen LogP contribution in [0.4, 0.5) is 0 Å². The van der Waals surface area contributed by atoms with Gasteiger partial charge in [0.25, 0.3) is 0 Å². The second-order valence-electron chi connectivity index (χ2n) is 5.48. The van der Waals surface area contributed by atoms with Gasteiger partial charge >= 0.3 is 0 Å². The standard InChI is InChI=1S/C14H22BrN3O2/c15-14-2-1-13(20-14)12(9-16)18-4-3-11(10-18)17-5-7-19-8-6-17/h1-2,11-12H,3-10,16H2. The number of morpholine rings is 1. The molecule has 0 spiro atoms. The van der Waals surface area contributed by atoms with Gasteiger partial charge in [-0.05, 0) is 34.5 Å². The van der Waals surface area contributed by atoms with Gasteiger partial charge < -0.3 is 14.9 Å². The Labute approximate surface area is 128 Å². The van der Waals surface area contributed by atoms with Crippen LogP contribution in [0.3, 0.4) is 0 Å². The van der Waals surface area contributed by atoms with Crippen molar-refractivity contribution in [2.24, 2.45) is 5.73 Å². The fourth-order valence-electron chi connectivity index (χ4n) is 3.24. The number of hydrogen-bond donors (Lipinski definition) is 1. The first-order chi connectivity index (χ1) is 9.78. The number of nitrogens with two attached hydrogens (primary N) is 1. The molecule has 6 heteroatoms. The number of ether oxygens (including phenoxy) is 1. The molecule has 3 rings (SSSR count). The van der Waals surface area contributed by atoms with Gasteiger partial charge in [-0.15, -0.1) is 0 Å². The molecule has 0 radical (unpaired) electrons. The van der Waals surface area contributed by atoms with E-state index in [4.69, 9.17) is 14.9 Å². The highest BCUT2D eigenvalue weighted by Gasteiger charge is 2.33. The molecule has 3 heterocycles. The van der Waals surface area contributed by atoms with Gasteiger partial charge in [0.1, 0.15) is 5.76 Å². The minimum absolute atomic E-state index is 0.187. The van der Waals surface area contributed by atoms with Gasteiger partial charge in [-0.3, -0.25) is 9.80 Å². The monoisotopic (exact) mass is 343 g/mol. The molecule has 0 bridgehead atoms. The molecule has 1 aromatic heterocycles. The van der Waals surface area contributed by atoms with Crippen LogP contribution in [0, 0.1) is 0 Å². The van der Waals surface area contributed by atoms with Crippen molar-refractivity contribution in [2.75, 3.05) is 45.9 Å². The molecule has 2 N–H and O–H groups in total. The predicted molar refractivity (Wildman–Crippen MR) is 80.6 cm³/mol. The Morgan fingerprint density at radius 2 is 2.10 bits per heavy atom. The lowest BCUT2D eigenvalue weighted by atomic mass is 10.2. The third-order valence-electron chi connectivity index (χ3n) is 4.34. The van der Waals surface area contributed by atoms with E-state index in [1.807, 2.05) is 12.1 Å². The minimum atomic E-state index is 0.187. The maximum absolute atomic E-state index is 5.97. The molecule has 2 fully saturated rings. The molecule has 2 saturated heterocycles. The van der Waals surface area contributed by atoms with Gasteiger partial charge in [-0.25, -0.2) is 0 Å². The third kappa shape index (κ3) is 3.09. The first-order valence-corrected chi connectivity index (χ1v) is 8.08. The van der Waals surface area contributed by atoms with Crippen molar-refractivity contribution in [3.05, 3.63) is 22.6 Å². The van der Waals surface area contributed by atoms with Crippen LogP contribution < -0.4 is 5.73 Å². The lowest BCUT2D eigenvalue weighted by Crippen LogP contribution is -2.45. The van der Waals surface area contributed by atoms with Crippen molar-refractivity contribution < 1.29 is 9.15 Å². The first kappa shape index (κ1) is 14.5. The van der Waals surface area contributed by atoms with Gasteiger partial charge in [-0.1, -0.05) is 0 Å². The van der Waals surface area contributed by atoms with Gasteiger partial charge in [-0.2, -0.15) is 0 Å². The Bertz CT molecular complexity index is 434. The van der Waals surface area contributed by atoms with Crippen LogP contribution in [0.5, 0.6) is 0 Å². The molecule has 5 nitrogen and oxygen atoms in total. The van der Waals surface area contributed by atoms with Crippen LogP contribution in [0.25, 0.3) is 0 Å². The van der Waals surface area contributed by atoms with E-state index in [-0.39, 0.29) is 6.04 Å². The van der Waals surface area contributed by atoms with Crippen molar-refractivity contribution in [2.45, 2.75) is 18.5 Å². The van der Waals surface area contributed by atoms with Crippen LogP contribution in [0.2, 0.25) is 0 Å². The number of furan rings is 1. The molecular weight excluding hydrogens is 322 g/mol. The van der Waals surface area contributed by atoms with Gasteiger partial charge in [0, 0.05) is 38.8 Å². The van der Waals surface area contributed by atoms with Gasteiger partial charge in [0.15, 0.2) is 4.67 Å². The summed E-state index contributed by atoms with van der Waals surface area (Å²) in [6, 6.07) is 4.77. The van der Waals surface area contributed by atoms with E-state index in [1.54, 1.807) is 0 Å². The Morgan fingerprint density at radius 1 is 1.30 bits per heavy atom. The Balaban J connectivity index is 1.62. The maximum atomic E-state index is 5.97. The van der Waals surface area contributed by atoms with E-state index in [2.05, 4.69) is 25.7 Å². The topological polar surface area (TPSA) is 54.9 Å². The van der Waals surface area contributed by atoms with Crippen molar-refractivity contribution in [1.29, 1.82) is 0 Å². The smallest absolute Gasteiger partial charge is 0.169 e. The molecule has 1 aromatic rings. The molecular formula is C14H22BrN3O2. The highest BCUT2D eigenvalue weighted by Crippen LogP contribution is 2.29. The van der Waals surface area contributed by atoms with E-state index in [0.29, 0.717) is 12.6 Å². The molecule has 0 aromatic carbocycles. The average molecular weight is 344 g/mol. The molecule has 2 unspecified atom stereocenters. The summed E-state index contributed by atoms with van der Waals surface area (Å²) in [6.45, 7) is 6.58. The lowest BCUT2D eigenvalue weighted by molar-refractivity contribution is 0.0174. The molecule has 2 aliphatic heterocycles. The van der Waals surface area contributed by atoms with E-state index >= 15 is 0 Å². The fraction of sp³-hybridized carbons (Fsp3) is 0.714. The zero-order valence-corrected chi connectivity index (χ0v) is 13.2. The lowest BCUT2D eigenvalue weighted by Gasteiger charge is -2.33. The molecule has 2 aliphatic rings. The summed E-state index contributed by atoms with van der Waals surface area (Å²) in [4.78, 5) is 5.00. The van der Waals surface area contributed by atoms with Gasteiger partial charge in [0.2, 0.25) is 0 Å². The Morgan fingerprint density at radius 3 is 2.75 bits per heavy atom. The third-order valence-corrected chi connectivity index (χ3v) is 4.77. The highest BCUT2D eigenvalue weighted by atomic mass is 79.9. The quantitative estimate of drug-likeness (QED) is 0.896. The van der Waals surface area contributed by atoms with Gasteiger partial charge in [0.05, 0.1) is 19.3 Å². The fourth-order valence-corrected chi connectivity index (χ4v) is 3.56. The highest BCUT2D eigenvalue weighted by molar-refractivity contribution is 9.10. The van der Waals surface area contributed by atoms with E-state index in [0.717, 1.165) is 49.8 Å². The van der Waals surface area contributed by atoms with Crippen molar-refractivity contribution in [3.8, 4) is 0 Å². The molecule has 2 atom stereocenters. The molecule has 112 valence electrons.